The van der Waals surface area contributed by atoms with Gasteiger partial charge in [-0.05, 0) is 26.2 Å². The molecule has 0 radical (unpaired) electrons. The monoisotopic (exact) mass is 156 g/mol. The van der Waals surface area contributed by atoms with Gasteiger partial charge < -0.3 is 4.74 Å². The third-order valence-corrected chi connectivity index (χ3v) is 2.05. The van der Waals surface area contributed by atoms with Crippen molar-refractivity contribution in [3.8, 4) is 0 Å². The Balaban J connectivity index is 2.36. The molecule has 0 spiro atoms. The van der Waals surface area contributed by atoms with Gasteiger partial charge in [0.05, 0.1) is 0 Å². The van der Waals surface area contributed by atoms with Crippen molar-refractivity contribution in [2.75, 3.05) is 7.11 Å². The third-order valence-electron chi connectivity index (χ3n) is 2.05. The number of ether oxygens (including phenoxy) is 1. The molecule has 1 saturated carbocycles. The zero-order valence-corrected chi connectivity index (χ0v) is 7.48. The van der Waals surface area contributed by atoms with Crippen molar-refractivity contribution in [2.45, 2.75) is 38.8 Å². The predicted octanol–water partition coefficient (Wildman–Crippen LogP) is 1.50. The largest absolute Gasteiger partial charge is 0.358 e. The van der Waals surface area contributed by atoms with Crippen molar-refractivity contribution in [1.29, 1.82) is 0 Å². The molecular formula is C8H16N2O. The van der Waals surface area contributed by atoms with Gasteiger partial charge in [-0.1, -0.05) is 6.92 Å². The fourth-order valence-electron chi connectivity index (χ4n) is 0.634. The fourth-order valence-corrected chi connectivity index (χ4v) is 0.634. The number of nitrogens with zero attached hydrogens (tertiary/aromatic N) is 1. The lowest BCUT2D eigenvalue weighted by molar-refractivity contribution is -0.0256. The molecule has 0 heterocycles. The summed E-state index contributed by atoms with van der Waals surface area (Å²) in [6.07, 6.45) is 3.22. The highest BCUT2D eigenvalue weighted by Crippen LogP contribution is 2.15. The summed E-state index contributed by atoms with van der Waals surface area (Å²) in [4.78, 5) is 0. The molecule has 1 atom stereocenters. The van der Waals surface area contributed by atoms with E-state index in [1.165, 1.54) is 5.71 Å². The Morgan fingerprint density at radius 3 is 2.64 bits per heavy atom. The minimum atomic E-state index is -0.282. The molecular weight excluding hydrogens is 140 g/mol. The summed E-state index contributed by atoms with van der Waals surface area (Å²) >= 11 is 0. The summed E-state index contributed by atoms with van der Waals surface area (Å²) in [5.41, 5.74) is 3.99. The smallest absolute Gasteiger partial charge is 0.150 e. The average Bonchev–Trinajstić information content (AvgIpc) is 2.83. The van der Waals surface area contributed by atoms with Gasteiger partial charge >= 0.3 is 0 Å². The van der Waals surface area contributed by atoms with Crippen LogP contribution in [-0.4, -0.2) is 18.5 Å². The van der Waals surface area contributed by atoms with Gasteiger partial charge in [0, 0.05) is 12.8 Å². The van der Waals surface area contributed by atoms with Crippen LogP contribution in [0.25, 0.3) is 0 Å². The molecule has 11 heavy (non-hydrogen) atoms. The van der Waals surface area contributed by atoms with Gasteiger partial charge in [-0.2, -0.15) is 5.10 Å². The lowest BCUT2D eigenvalue weighted by Gasteiger charge is -2.25. The normalized spacial score (nSPS) is 20.8. The topological polar surface area (TPSA) is 33.6 Å². The lowest BCUT2D eigenvalue weighted by atomic mass is 10.2. The van der Waals surface area contributed by atoms with E-state index in [1.54, 1.807) is 7.11 Å². The van der Waals surface area contributed by atoms with Gasteiger partial charge in [-0.3, -0.25) is 5.43 Å². The van der Waals surface area contributed by atoms with Crippen LogP contribution in [0, 0.1) is 0 Å². The average molecular weight is 156 g/mol. The second-order valence-corrected chi connectivity index (χ2v) is 3.08. The maximum atomic E-state index is 5.25. The second-order valence-electron chi connectivity index (χ2n) is 3.08. The first-order valence-corrected chi connectivity index (χ1v) is 4.08. The van der Waals surface area contributed by atoms with Crippen molar-refractivity contribution in [1.82, 2.24) is 5.43 Å². The number of hydrogen-bond acceptors (Lipinski definition) is 3. The Kier molecular flexibility index (Phi) is 2.49. The minimum absolute atomic E-state index is 0.282. The molecule has 0 amide bonds. The van der Waals surface area contributed by atoms with E-state index in [4.69, 9.17) is 4.74 Å². The Hall–Kier alpha value is -0.570. The van der Waals surface area contributed by atoms with E-state index >= 15 is 0 Å². The fraction of sp³-hybridized carbons (Fsp3) is 0.875. The summed E-state index contributed by atoms with van der Waals surface area (Å²) in [6.45, 7) is 4.07. The molecule has 0 aromatic rings. The quantitative estimate of drug-likeness (QED) is 0.494. The van der Waals surface area contributed by atoms with Crippen LogP contribution in [0.2, 0.25) is 0 Å². The molecule has 1 unspecified atom stereocenters. The molecule has 1 aliphatic carbocycles. The third kappa shape index (κ3) is 2.50. The SMILES string of the molecule is CCC(C)(NN=C1CC1)OC. The van der Waals surface area contributed by atoms with Crippen LogP contribution in [0.1, 0.15) is 33.1 Å². The Morgan fingerprint density at radius 2 is 2.27 bits per heavy atom. The van der Waals surface area contributed by atoms with Crippen LogP contribution in [0.5, 0.6) is 0 Å². The maximum Gasteiger partial charge on any atom is 0.150 e. The van der Waals surface area contributed by atoms with Crippen molar-refractivity contribution in [2.24, 2.45) is 5.10 Å². The van der Waals surface area contributed by atoms with Gasteiger partial charge in [0.15, 0.2) is 0 Å². The molecule has 3 heteroatoms. The zero-order chi connectivity index (χ0) is 8.32. The van der Waals surface area contributed by atoms with Gasteiger partial charge in [0.2, 0.25) is 0 Å². The van der Waals surface area contributed by atoms with Gasteiger partial charge in [0.25, 0.3) is 0 Å². The molecule has 1 rings (SSSR count). The van der Waals surface area contributed by atoms with E-state index in [9.17, 15) is 0 Å². The summed E-state index contributed by atoms with van der Waals surface area (Å²) in [5.74, 6) is 0. The standard InChI is InChI=1S/C8H16N2O/c1-4-8(2,11-3)10-9-7-5-6-7/h10H,4-6H2,1-3H3. The van der Waals surface area contributed by atoms with Crippen LogP contribution in [0.3, 0.4) is 0 Å². The molecule has 0 aromatic carbocycles. The lowest BCUT2D eigenvalue weighted by Crippen LogP contribution is -2.40. The number of hydrogen-bond donors (Lipinski definition) is 1. The highest BCUT2D eigenvalue weighted by Gasteiger charge is 2.21. The van der Waals surface area contributed by atoms with Crippen molar-refractivity contribution >= 4 is 5.71 Å². The minimum Gasteiger partial charge on any atom is -0.358 e. The summed E-state index contributed by atoms with van der Waals surface area (Å²) in [5, 5.41) is 4.19. The van der Waals surface area contributed by atoms with E-state index in [-0.39, 0.29) is 5.72 Å². The highest BCUT2D eigenvalue weighted by atomic mass is 16.5. The van der Waals surface area contributed by atoms with Gasteiger partial charge in [-0.25, -0.2) is 0 Å². The first kappa shape index (κ1) is 8.53. The van der Waals surface area contributed by atoms with Crippen LogP contribution in [-0.2, 0) is 4.74 Å². The highest BCUT2D eigenvalue weighted by molar-refractivity contribution is 5.97. The van der Waals surface area contributed by atoms with E-state index < -0.39 is 0 Å². The van der Waals surface area contributed by atoms with Gasteiger partial charge in [0.1, 0.15) is 5.72 Å². The zero-order valence-electron chi connectivity index (χ0n) is 7.48. The van der Waals surface area contributed by atoms with E-state index in [2.05, 4.69) is 17.5 Å². The molecule has 64 valence electrons. The van der Waals surface area contributed by atoms with Crippen LogP contribution < -0.4 is 5.43 Å². The first-order chi connectivity index (χ1) is 5.20. The summed E-state index contributed by atoms with van der Waals surface area (Å²) in [7, 11) is 1.70. The summed E-state index contributed by atoms with van der Waals surface area (Å²) in [6, 6.07) is 0. The first-order valence-electron chi connectivity index (χ1n) is 4.08. The van der Waals surface area contributed by atoms with E-state index in [0.717, 1.165) is 19.3 Å². The number of rotatable bonds is 4. The Bertz CT molecular complexity index is 155. The molecule has 1 aliphatic rings. The molecule has 1 fully saturated rings. The molecule has 0 saturated heterocycles. The van der Waals surface area contributed by atoms with Crippen LogP contribution in [0.4, 0.5) is 0 Å². The Morgan fingerprint density at radius 1 is 1.64 bits per heavy atom. The van der Waals surface area contributed by atoms with Crippen LogP contribution >= 0.6 is 0 Å². The van der Waals surface area contributed by atoms with Crippen molar-refractivity contribution < 1.29 is 4.74 Å². The van der Waals surface area contributed by atoms with Crippen molar-refractivity contribution in [3.05, 3.63) is 0 Å². The number of nitrogens with one attached hydrogen (secondary N) is 1. The van der Waals surface area contributed by atoms with Crippen LogP contribution in [0.15, 0.2) is 5.10 Å². The Labute approximate surface area is 67.8 Å². The molecule has 3 nitrogen and oxygen atoms in total. The van der Waals surface area contributed by atoms with Crippen molar-refractivity contribution in [3.63, 3.8) is 0 Å². The van der Waals surface area contributed by atoms with E-state index in [1.807, 2.05) is 6.92 Å². The summed E-state index contributed by atoms with van der Waals surface area (Å²) < 4.78 is 5.25. The molecule has 1 N–H and O–H groups in total. The predicted molar refractivity (Wildman–Crippen MR) is 45.5 cm³/mol. The van der Waals surface area contributed by atoms with Gasteiger partial charge in [-0.15, -0.1) is 0 Å². The number of methoxy groups -OCH3 is 1. The van der Waals surface area contributed by atoms with E-state index in [0.29, 0.717) is 0 Å². The maximum absolute atomic E-state index is 5.25. The molecule has 0 aliphatic heterocycles. The second kappa shape index (κ2) is 3.22. The molecule has 0 aromatic heterocycles. The number of hydrazone groups is 1. The molecule has 0 bridgehead atoms.